The fourth-order valence-corrected chi connectivity index (χ4v) is 3.16. The zero-order valence-corrected chi connectivity index (χ0v) is 18.0. The van der Waals surface area contributed by atoms with Crippen molar-refractivity contribution >= 4 is 40.9 Å². The number of benzene rings is 2. The Morgan fingerprint density at radius 1 is 1.20 bits per heavy atom. The second-order valence-corrected chi connectivity index (χ2v) is 7.49. The van der Waals surface area contributed by atoms with Crippen LogP contribution in [0.4, 0.5) is 11.4 Å². The molecule has 0 saturated heterocycles. The molecule has 1 aliphatic carbocycles. The van der Waals surface area contributed by atoms with Gasteiger partial charge in [0.05, 0.1) is 18.7 Å². The first kappa shape index (κ1) is 21.7. The maximum absolute atomic E-state index is 12.4. The minimum Gasteiger partial charge on any atom is -0.493 e. The van der Waals surface area contributed by atoms with Crippen molar-refractivity contribution in [2.75, 3.05) is 24.4 Å². The van der Waals surface area contributed by atoms with Crippen molar-refractivity contribution in [1.29, 1.82) is 0 Å². The standard InChI is InChI=1S/C23H25ClN2O4/c1-4-30-22-18(24)11-15(12-20(22)29-3)6-10-21(27)26-19-13-17(9-5-14(19)2)25-23(28)16-7-8-16/h5-6,9-13,16H,4,7-8H2,1-3H3,(H,25,28)(H,26,27). The summed E-state index contributed by atoms with van der Waals surface area (Å²) in [5.74, 6) is 0.818. The molecule has 0 spiro atoms. The third-order valence-corrected chi connectivity index (χ3v) is 4.96. The Labute approximate surface area is 181 Å². The zero-order valence-electron chi connectivity index (χ0n) is 17.3. The summed E-state index contributed by atoms with van der Waals surface area (Å²) in [5.41, 5.74) is 2.91. The predicted molar refractivity (Wildman–Crippen MR) is 119 cm³/mol. The van der Waals surface area contributed by atoms with Crippen LogP contribution in [0.5, 0.6) is 11.5 Å². The van der Waals surface area contributed by atoms with E-state index in [1.54, 1.807) is 24.3 Å². The number of anilines is 2. The molecule has 2 amide bonds. The van der Waals surface area contributed by atoms with Gasteiger partial charge in [0, 0.05) is 23.4 Å². The van der Waals surface area contributed by atoms with Gasteiger partial charge in [-0.1, -0.05) is 17.7 Å². The SMILES string of the molecule is CCOc1c(Cl)cc(C=CC(=O)Nc2cc(NC(=O)C3CC3)ccc2C)cc1OC. The summed E-state index contributed by atoms with van der Waals surface area (Å²) in [7, 11) is 1.53. The van der Waals surface area contributed by atoms with Crippen LogP contribution in [-0.4, -0.2) is 25.5 Å². The van der Waals surface area contributed by atoms with Gasteiger partial charge in [-0.15, -0.1) is 0 Å². The molecule has 2 aromatic rings. The summed E-state index contributed by atoms with van der Waals surface area (Å²) >= 11 is 6.27. The molecule has 1 saturated carbocycles. The second kappa shape index (κ2) is 9.67. The molecule has 0 aliphatic heterocycles. The lowest BCUT2D eigenvalue weighted by atomic mass is 10.1. The molecule has 0 radical (unpaired) electrons. The van der Waals surface area contributed by atoms with E-state index in [1.165, 1.54) is 13.2 Å². The molecule has 158 valence electrons. The highest BCUT2D eigenvalue weighted by Crippen LogP contribution is 2.36. The van der Waals surface area contributed by atoms with Crippen LogP contribution < -0.4 is 20.1 Å². The number of hydrogen-bond acceptors (Lipinski definition) is 4. The van der Waals surface area contributed by atoms with Gasteiger partial charge < -0.3 is 20.1 Å². The van der Waals surface area contributed by atoms with Gasteiger partial charge in [-0.3, -0.25) is 9.59 Å². The van der Waals surface area contributed by atoms with Crippen molar-refractivity contribution < 1.29 is 19.1 Å². The van der Waals surface area contributed by atoms with Crippen molar-refractivity contribution in [2.24, 2.45) is 5.92 Å². The number of ether oxygens (including phenoxy) is 2. The third-order valence-electron chi connectivity index (χ3n) is 4.68. The number of amides is 2. The molecular weight excluding hydrogens is 404 g/mol. The van der Waals surface area contributed by atoms with Crippen LogP contribution in [0.25, 0.3) is 6.08 Å². The van der Waals surface area contributed by atoms with Crippen LogP contribution in [0, 0.1) is 12.8 Å². The number of hydrogen-bond donors (Lipinski definition) is 2. The van der Waals surface area contributed by atoms with Crippen LogP contribution in [-0.2, 0) is 9.59 Å². The molecule has 30 heavy (non-hydrogen) atoms. The maximum atomic E-state index is 12.4. The van der Waals surface area contributed by atoms with E-state index in [2.05, 4.69) is 10.6 Å². The third kappa shape index (κ3) is 5.54. The lowest BCUT2D eigenvalue weighted by molar-refractivity contribution is -0.117. The number of carbonyl (C=O) groups excluding carboxylic acids is 2. The minimum atomic E-state index is -0.298. The molecule has 2 aromatic carbocycles. The zero-order chi connectivity index (χ0) is 21.7. The number of halogens is 1. The Hall–Kier alpha value is -2.99. The quantitative estimate of drug-likeness (QED) is 0.576. The number of nitrogens with one attached hydrogen (secondary N) is 2. The van der Waals surface area contributed by atoms with Gasteiger partial charge in [-0.25, -0.2) is 0 Å². The summed E-state index contributed by atoms with van der Waals surface area (Å²) in [5, 5.41) is 6.14. The minimum absolute atomic E-state index is 0.0253. The molecule has 0 heterocycles. The van der Waals surface area contributed by atoms with Crippen LogP contribution in [0.3, 0.4) is 0 Å². The van der Waals surface area contributed by atoms with Gasteiger partial charge in [-0.05, 0) is 68.2 Å². The van der Waals surface area contributed by atoms with Crippen LogP contribution >= 0.6 is 11.6 Å². The van der Waals surface area contributed by atoms with Crippen molar-refractivity contribution in [3.63, 3.8) is 0 Å². The molecular formula is C23H25ClN2O4. The summed E-state index contributed by atoms with van der Waals surface area (Å²) in [4.78, 5) is 24.4. The molecule has 6 nitrogen and oxygen atoms in total. The van der Waals surface area contributed by atoms with E-state index in [0.717, 1.165) is 18.4 Å². The smallest absolute Gasteiger partial charge is 0.248 e. The topological polar surface area (TPSA) is 76.7 Å². The van der Waals surface area contributed by atoms with Gasteiger partial charge in [0.25, 0.3) is 0 Å². The van der Waals surface area contributed by atoms with Crippen molar-refractivity contribution in [3.05, 3.63) is 52.6 Å². The highest BCUT2D eigenvalue weighted by atomic mass is 35.5. The summed E-state index contributed by atoms with van der Waals surface area (Å²) in [6, 6.07) is 8.91. The molecule has 2 N–H and O–H groups in total. The highest BCUT2D eigenvalue weighted by molar-refractivity contribution is 6.32. The molecule has 3 rings (SSSR count). The molecule has 7 heteroatoms. The number of methoxy groups -OCH3 is 1. The Kier molecular flexibility index (Phi) is 7.00. The molecule has 0 aromatic heterocycles. The van der Waals surface area contributed by atoms with E-state index in [0.29, 0.717) is 40.1 Å². The Bertz CT molecular complexity index is 983. The lowest BCUT2D eigenvalue weighted by Crippen LogP contribution is -2.14. The van der Waals surface area contributed by atoms with Crippen molar-refractivity contribution in [3.8, 4) is 11.5 Å². The summed E-state index contributed by atoms with van der Waals surface area (Å²) in [6.07, 6.45) is 4.94. The van der Waals surface area contributed by atoms with Crippen molar-refractivity contribution in [2.45, 2.75) is 26.7 Å². The average Bonchev–Trinajstić information content (AvgIpc) is 3.56. The second-order valence-electron chi connectivity index (χ2n) is 7.08. The first-order valence-electron chi connectivity index (χ1n) is 9.82. The first-order chi connectivity index (χ1) is 14.4. The van der Waals surface area contributed by atoms with Gasteiger partial charge in [-0.2, -0.15) is 0 Å². The number of rotatable bonds is 8. The Morgan fingerprint density at radius 2 is 1.97 bits per heavy atom. The Balaban J connectivity index is 1.70. The average molecular weight is 429 g/mol. The lowest BCUT2D eigenvalue weighted by Gasteiger charge is -2.12. The predicted octanol–water partition coefficient (Wildman–Crippen LogP) is 5.06. The molecule has 1 aliphatic rings. The van der Waals surface area contributed by atoms with Gasteiger partial charge in [0.15, 0.2) is 11.5 Å². The molecule has 1 fully saturated rings. The van der Waals surface area contributed by atoms with E-state index in [4.69, 9.17) is 21.1 Å². The first-order valence-corrected chi connectivity index (χ1v) is 10.2. The number of carbonyl (C=O) groups is 2. The normalized spacial score (nSPS) is 13.2. The van der Waals surface area contributed by atoms with E-state index in [-0.39, 0.29) is 17.7 Å². The van der Waals surface area contributed by atoms with Crippen LogP contribution in [0.1, 0.15) is 30.9 Å². The summed E-state index contributed by atoms with van der Waals surface area (Å²) in [6.45, 7) is 4.22. The van der Waals surface area contributed by atoms with Gasteiger partial charge >= 0.3 is 0 Å². The Morgan fingerprint density at radius 3 is 2.63 bits per heavy atom. The van der Waals surface area contributed by atoms with Gasteiger partial charge in [0.2, 0.25) is 11.8 Å². The fourth-order valence-electron chi connectivity index (χ4n) is 2.89. The van der Waals surface area contributed by atoms with Gasteiger partial charge in [0.1, 0.15) is 0 Å². The van der Waals surface area contributed by atoms with E-state index in [9.17, 15) is 9.59 Å². The van der Waals surface area contributed by atoms with E-state index < -0.39 is 0 Å². The monoisotopic (exact) mass is 428 g/mol. The van der Waals surface area contributed by atoms with E-state index in [1.807, 2.05) is 26.0 Å². The summed E-state index contributed by atoms with van der Waals surface area (Å²) < 4.78 is 10.8. The maximum Gasteiger partial charge on any atom is 0.248 e. The molecule has 0 atom stereocenters. The molecule has 0 bridgehead atoms. The van der Waals surface area contributed by atoms with E-state index >= 15 is 0 Å². The highest BCUT2D eigenvalue weighted by Gasteiger charge is 2.29. The number of aryl methyl sites for hydroxylation is 1. The van der Waals surface area contributed by atoms with Crippen molar-refractivity contribution in [1.82, 2.24) is 0 Å². The van der Waals surface area contributed by atoms with Crippen LogP contribution in [0.2, 0.25) is 5.02 Å². The fraction of sp³-hybridized carbons (Fsp3) is 0.304. The largest absolute Gasteiger partial charge is 0.493 e. The van der Waals surface area contributed by atoms with Crippen LogP contribution in [0.15, 0.2) is 36.4 Å². The molecule has 0 unspecified atom stereocenters.